The molecule has 0 atom stereocenters. The summed E-state index contributed by atoms with van der Waals surface area (Å²) < 4.78 is 1.37. The van der Waals surface area contributed by atoms with Crippen LogP contribution >= 0.6 is 22.7 Å². The summed E-state index contributed by atoms with van der Waals surface area (Å²) >= 11 is 3.57. The van der Waals surface area contributed by atoms with Gasteiger partial charge in [0.05, 0.1) is 5.52 Å². The highest BCUT2D eigenvalue weighted by Crippen LogP contribution is 2.41. The van der Waals surface area contributed by atoms with E-state index in [1.54, 1.807) is 11.3 Å². The smallest absolute Gasteiger partial charge is 0.0559 e. The Balaban J connectivity index is 2.08. The van der Waals surface area contributed by atoms with Gasteiger partial charge in [0.1, 0.15) is 0 Å². The molecule has 0 aliphatic rings. The van der Waals surface area contributed by atoms with E-state index in [0.29, 0.717) is 0 Å². The number of thiophene rings is 2. The topological polar surface area (TPSA) is 15.8 Å². The number of fused-ring (bicyclic) bond motifs is 4. The third-order valence-electron chi connectivity index (χ3n) is 4.03. The quantitative estimate of drug-likeness (QED) is 0.376. The molecule has 0 unspecified atom stereocenters. The van der Waals surface area contributed by atoms with Crippen LogP contribution in [0.15, 0.2) is 58.6 Å². The standard InChI is InChI=1S/C18H11NS2/c1-2-4-15-13(3-1)14-9-11-6-8-21-18(11)16(17(14)19-15)12-5-7-20-10-12/h1-10,19H. The fraction of sp³-hybridized carbons (Fsp3) is 0. The van der Waals surface area contributed by atoms with E-state index in [9.17, 15) is 0 Å². The molecule has 0 spiro atoms. The normalized spacial score (nSPS) is 11.8. The zero-order valence-corrected chi connectivity index (χ0v) is 12.7. The van der Waals surface area contributed by atoms with Crippen molar-refractivity contribution < 1.29 is 0 Å². The molecule has 0 saturated heterocycles. The molecule has 0 fully saturated rings. The minimum absolute atomic E-state index is 1.21. The van der Waals surface area contributed by atoms with Gasteiger partial charge in [0.2, 0.25) is 0 Å². The Labute approximate surface area is 129 Å². The van der Waals surface area contributed by atoms with Crippen LogP contribution in [0.25, 0.3) is 43.0 Å². The van der Waals surface area contributed by atoms with E-state index in [-0.39, 0.29) is 0 Å². The maximum atomic E-state index is 3.63. The van der Waals surface area contributed by atoms with Gasteiger partial charge in [0.25, 0.3) is 0 Å². The van der Waals surface area contributed by atoms with Gasteiger partial charge in [0.15, 0.2) is 0 Å². The van der Waals surface area contributed by atoms with Crippen molar-refractivity contribution in [2.75, 3.05) is 0 Å². The Bertz CT molecular complexity index is 1080. The van der Waals surface area contributed by atoms with Crippen LogP contribution in [0.1, 0.15) is 0 Å². The number of hydrogen-bond donors (Lipinski definition) is 1. The van der Waals surface area contributed by atoms with E-state index in [2.05, 4.69) is 63.6 Å². The van der Waals surface area contributed by atoms with Crippen molar-refractivity contribution in [1.29, 1.82) is 0 Å². The highest BCUT2D eigenvalue weighted by molar-refractivity contribution is 7.18. The van der Waals surface area contributed by atoms with E-state index >= 15 is 0 Å². The first-order chi connectivity index (χ1) is 10.4. The lowest BCUT2D eigenvalue weighted by molar-refractivity contribution is 1.55. The summed E-state index contributed by atoms with van der Waals surface area (Å²) in [6.45, 7) is 0. The largest absolute Gasteiger partial charge is 0.354 e. The maximum Gasteiger partial charge on any atom is 0.0559 e. The van der Waals surface area contributed by atoms with Gasteiger partial charge < -0.3 is 4.98 Å². The molecule has 5 aromatic rings. The maximum absolute atomic E-state index is 3.63. The van der Waals surface area contributed by atoms with Crippen molar-refractivity contribution in [3.8, 4) is 11.1 Å². The molecule has 5 rings (SSSR count). The Morgan fingerprint density at radius 2 is 1.86 bits per heavy atom. The third kappa shape index (κ3) is 1.56. The van der Waals surface area contributed by atoms with Crippen LogP contribution in [-0.4, -0.2) is 4.98 Å². The Morgan fingerprint density at radius 3 is 2.76 bits per heavy atom. The second-order valence-corrected chi connectivity index (χ2v) is 6.89. The lowest BCUT2D eigenvalue weighted by Gasteiger charge is -2.04. The first-order valence-electron chi connectivity index (χ1n) is 6.85. The van der Waals surface area contributed by atoms with Gasteiger partial charge in [-0.15, -0.1) is 11.3 Å². The summed E-state index contributed by atoms with van der Waals surface area (Å²) in [5.41, 5.74) is 5.12. The molecule has 0 radical (unpaired) electrons. The molecule has 1 nitrogen and oxygen atoms in total. The monoisotopic (exact) mass is 305 g/mol. The minimum Gasteiger partial charge on any atom is -0.354 e. The first kappa shape index (κ1) is 11.5. The number of H-pyrrole nitrogens is 1. The van der Waals surface area contributed by atoms with E-state index in [0.717, 1.165) is 0 Å². The lowest BCUT2D eigenvalue weighted by Crippen LogP contribution is -1.79. The third-order valence-corrected chi connectivity index (χ3v) is 5.66. The molecule has 3 heteroatoms. The van der Waals surface area contributed by atoms with Crippen LogP contribution in [0, 0.1) is 0 Å². The molecule has 0 bridgehead atoms. The molecule has 0 amide bonds. The number of aromatic nitrogens is 1. The molecular formula is C18H11NS2. The zero-order valence-electron chi connectivity index (χ0n) is 11.1. The van der Waals surface area contributed by atoms with Gasteiger partial charge >= 0.3 is 0 Å². The number of hydrogen-bond acceptors (Lipinski definition) is 2. The summed E-state index contributed by atoms with van der Waals surface area (Å²) in [7, 11) is 0. The predicted octanol–water partition coefficient (Wildman–Crippen LogP) is 6.26. The van der Waals surface area contributed by atoms with E-state index in [1.807, 2.05) is 11.3 Å². The van der Waals surface area contributed by atoms with Gasteiger partial charge in [-0.05, 0) is 51.4 Å². The Morgan fingerprint density at radius 1 is 0.905 bits per heavy atom. The summed E-state index contributed by atoms with van der Waals surface area (Å²) in [4.78, 5) is 3.63. The van der Waals surface area contributed by atoms with E-state index in [4.69, 9.17) is 0 Å². The summed E-state index contributed by atoms with van der Waals surface area (Å²) in [5, 5.41) is 10.5. The number of aromatic amines is 1. The van der Waals surface area contributed by atoms with Crippen molar-refractivity contribution >= 4 is 54.6 Å². The fourth-order valence-electron chi connectivity index (χ4n) is 3.10. The fourth-order valence-corrected chi connectivity index (χ4v) is 4.70. The van der Waals surface area contributed by atoms with Crippen molar-refractivity contribution in [3.05, 3.63) is 58.6 Å². The van der Waals surface area contributed by atoms with Crippen molar-refractivity contribution in [1.82, 2.24) is 4.98 Å². The molecule has 21 heavy (non-hydrogen) atoms. The molecule has 0 aliphatic heterocycles. The highest BCUT2D eigenvalue weighted by atomic mass is 32.1. The average molecular weight is 305 g/mol. The number of benzene rings is 2. The Hall–Kier alpha value is -2.10. The van der Waals surface area contributed by atoms with Crippen LogP contribution in [-0.2, 0) is 0 Å². The van der Waals surface area contributed by atoms with Crippen LogP contribution in [0.2, 0.25) is 0 Å². The molecule has 2 aromatic carbocycles. The minimum atomic E-state index is 1.21. The Kier molecular flexibility index (Phi) is 2.31. The van der Waals surface area contributed by atoms with Crippen LogP contribution in [0.4, 0.5) is 0 Å². The molecule has 0 saturated carbocycles. The predicted molar refractivity (Wildman–Crippen MR) is 94.5 cm³/mol. The molecule has 100 valence electrons. The van der Waals surface area contributed by atoms with E-state index < -0.39 is 0 Å². The summed E-state index contributed by atoms with van der Waals surface area (Å²) in [6.07, 6.45) is 0. The molecule has 3 aromatic heterocycles. The molecule has 1 N–H and O–H groups in total. The summed E-state index contributed by atoms with van der Waals surface area (Å²) in [6, 6.07) is 15.3. The van der Waals surface area contributed by atoms with Crippen LogP contribution < -0.4 is 0 Å². The second kappa shape index (κ2) is 4.20. The number of nitrogens with one attached hydrogen (secondary N) is 1. The summed E-state index contributed by atoms with van der Waals surface area (Å²) in [5.74, 6) is 0. The molecular weight excluding hydrogens is 294 g/mol. The van der Waals surface area contributed by atoms with Crippen molar-refractivity contribution in [2.24, 2.45) is 0 Å². The van der Waals surface area contributed by atoms with Crippen LogP contribution in [0.5, 0.6) is 0 Å². The van der Waals surface area contributed by atoms with Crippen molar-refractivity contribution in [2.45, 2.75) is 0 Å². The second-order valence-electron chi connectivity index (χ2n) is 5.20. The van der Waals surface area contributed by atoms with E-state index in [1.165, 1.54) is 43.0 Å². The number of para-hydroxylation sites is 1. The van der Waals surface area contributed by atoms with Crippen molar-refractivity contribution in [3.63, 3.8) is 0 Å². The first-order valence-corrected chi connectivity index (χ1v) is 8.67. The number of rotatable bonds is 1. The van der Waals surface area contributed by atoms with Gasteiger partial charge in [0, 0.05) is 26.6 Å². The van der Waals surface area contributed by atoms with Gasteiger partial charge in [-0.1, -0.05) is 18.2 Å². The molecule has 0 aliphatic carbocycles. The van der Waals surface area contributed by atoms with Gasteiger partial charge in [-0.2, -0.15) is 11.3 Å². The SMILES string of the molecule is c1ccc2c(c1)[nH]c1c(-c3ccsc3)c3sccc3cc12. The average Bonchev–Trinajstić information content (AvgIpc) is 3.24. The zero-order chi connectivity index (χ0) is 13.8. The van der Waals surface area contributed by atoms with Crippen LogP contribution in [0.3, 0.4) is 0 Å². The highest BCUT2D eigenvalue weighted by Gasteiger charge is 2.14. The molecule has 3 heterocycles. The van der Waals surface area contributed by atoms with Gasteiger partial charge in [-0.3, -0.25) is 0 Å². The lowest BCUT2D eigenvalue weighted by atomic mass is 10.0. The van der Waals surface area contributed by atoms with Gasteiger partial charge in [-0.25, -0.2) is 0 Å².